The van der Waals surface area contributed by atoms with Gasteiger partial charge in [0.1, 0.15) is 22.4 Å². The van der Waals surface area contributed by atoms with Crippen LogP contribution in [0.5, 0.6) is 0 Å². The first-order valence-corrected chi connectivity index (χ1v) is 13.5. The van der Waals surface area contributed by atoms with Crippen LogP contribution >= 0.6 is 11.3 Å². The van der Waals surface area contributed by atoms with Gasteiger partial charge >= 0.3 is 0 Å². The SMILES string of the molecule is CN(C)CC1CCN(c2nc(N(C)C)c3c4c(c(-c5ncc(F)c6sc(N)c(C#N)c56)c(F)c3n2)COC4)C1. The van der Waals surface area contributed by atoms with Gasteiger partial charge in [-0.3, -0.25) is 4.98 Å². The second kappa shape index (κ2) is 9.51. The number of hydrogen-bond donors (Lipinski definition) is 1. The third-order valence-corrected chi connectivity index (χ3v) is 8.45. The van der Waals surface area contributed by atoms with Gasteiger partial charge in [-0.05, 0) is 37.6 Å². The molecule has 0 bridgehead atoms. The van der Waals surface area contributed by atoms with Crippen LogP contribution < -0.4 is 15.5 Å². The molecule has 1 aromatic carbocycles. The number of rotatable bonds is 5. The summed E-state index contributed by atoms with van der Waals surface area (Å²) >= 11 is 0.956. The normalized spacial score (nSPS) is 17.0. The van der Waals surface area contributed by atoms with E-state index in [9.17, 15) is 9.65 Å². The summed E-state index contributed by atoms with van der Waals surface area (Å²) in [5.74, 6) is 0.320. The van der Waals surface area contributed by atoms with E-state index in [1.54, 1.807) is 0 Å². The molecule has 2 aliphatic heterocycles. The van der Waals surface area contributed by atoms with E-state index in [1.165, 1.54) is 0 Å². The summed E-state index contributed by atoms with van der Waals surface area (Å²) in [6, 6.07) is 2.05. The third kappa shape index (κ3) is 4.04. The maximum Gasteiger partial charge on any atom is 0.228 e. The number of pyridine rings is 1. The Morgan fingerprint density at radius 1 is 1.18 bits per heavy atom. The van der Waals surface area contributed by atoms with Gasteiger partial charge in [0.25, 0.3) is 0 Å². The number of halogens is 2. The molecule has 5 heterocycles. The third-order valence-electron chi connectivity index (χ3n) is 7.43. The zero-order valence-electron chi connectivity index (χ0n) is 22.2. The van der Waals surface area contributed by atoms with Crippen molar-refractivity contribution in [2.24, 2.45) is 5.92 Å². The molecule has 1 atom stereocenters. The number of nitriles is 1. The average molecular weight is 551 g/mol. The highest BCUT2D eigenvalue weighted by Gasteiger charge is 2.33. The number of fused-ring (bicyclic) bond motifs is 4. The number of nitrogens with two attached hydrogens (primary N) is 1. The molecule has 6 rings (SSSR count). The molecular weight excluding hydrogens is 522 g/mol. The lowest BCUT2D eigenvalue weighted by atomic mass is 9.93. The van der Waals surface area contributed by atoms with E-state index in [4.69, 9.17) is 20.4 Å². The van der Waals surface area contributed by atoms with E-state index in [1.807, 2.05) is 19.0 Å². The van der Waals surface area contributed by atoms with Crippen LogP contribution in [-0.2, 0) is 18.0 Å². The average Bonchev–Trinajstić information content (AvgIpc) is 3.63. The molecule has 1 saturated heterocycles. The van der Waals surface area contributed by atoms with E-state index in [0.717, 1.165) is 49.2 Å². The van der Waals surface area contributed by atoms with Crippen LogP contribution in [0.2, 0.25) is 0 Å². The van der Waals surface area contributed by atoms with Crippen LogP contribution in [0.1, 0.15) is 23.1 Å². The van der Waals surface area contributed by atoms with Gasteiger partial charge in [0.15, 0.2) is 11.6 Å². The van der Waals surface area contributed by atoms with Gasteiger partial charge in [0, 0.05) is 44.7 Å². The van der Waals surface area contributed by atoms with Gasteiger partial charge in [0.05, 0.1) is 40.8 Å². The fourth-order valence-corrected chi connectivity index (χ4v) is 6.70. The first-order valence-electron chi connectivity index (χ1n) is 12.7. The Kier molecular flexibility index (Phi) is 6.25. The van der Waals surface area contributed by atoms with Gasteiger partial charge in [0.2, 0.25) is 5.95 Å². The highest BCUT2D eigenvalue weighted by Crippen LogP contribution is 2.46. The van der Waals surface area contributed by atoms with E-state index < -0.39 is 11.6 Å². The highest BCUT2D eigenvalue weighted by molar-refractivity contribution is 7.23. The fourth-order valence-electron chi connectivity index (χ4n) is 5.78. The Bertz CT molecular complexity index is 1680. The van der Waals surface area contributed by atoms with Crippen LogP contribution in [0.3, 0.4) is 0 Å². The molecule has 0 radical (unpaired) electrons. The number of nitrogen functional groups attached to an aromatic ring is 1. The molecule has 39 heavy (non-hydrogen) atoms. The predicted octanol–water partition coefficient (Wildman–Crippen LogP) is 4.12. The van der Waals surface area contributed by atoms with Crippen molar-refractivity contribution in [3.63, 3.8) is 0 Å². The van der Waals surface area contributed by atoms with Crippen LogP contribution in [0.15, 0.2) is 6.20 Å². The van der Waals surface area contributed by atoms with Crippen molar-refractivity contribution < 1.29 is 13.5 Å². The summed E-state index contributed by atoms with van der Waals surface area (Å²) in [6.07, 6.45) is 2.04. The number of benzene rings is 1. The molecule has 1 unspecified atom stereocenters. The van der Waals surface area contributed by atoms with Crippen molar-refractivity contribution in [2.75, 3.05) is 63.4 Å². The van der Waals surface area contributed by atoms with Crippen molar-refractivity contribution in [3.05, 3.63) is 34.5 Å². The zero-order valence-corrected chi connectivity index (χ0v) is 23.0. The maximum atomic E-state index is 16.8. The second-order valence-electron chi connectivity index (χ2n) is 10.6. The minimum absolute atomic E-state index is 0.0884. The summed E-state index contributed by atoms with van der Waals surface area (Å²) in [5.41, 5.74) is 7.99. The maximum absolute atomic E-state index is 16.8. The van der Waals surface area contributed by atoms with Crippen LogP contribution in [-0.4, -0.2) is 67.7 Å². The number of nitrogens with zero attached hydrogens (tertiary/aromatic N) is 7. The van der Waals surface area contributed by atoms with Crippen molar-refractivity contribution in [1.29, 1.82) is 5.26 Å². The molecule has 9 nitrogen and oxygen atoms in total. The van der Waals surface area contributed by atoms with E-state index >= 15 is 4.39 Å². The topological polar surface area (TPSA) is 107 Å². The van der Waals surface area contributed by atoms with Crippen LogP contribution in [0, 0.1) is 28.9 Å². The molecule has 1 fully saturated rings. The lowest BCUT2D eigenvalue weighted by molar-refractivity contribution is 0.135. The first kappa shape index (κ1) is 25.6. The van der Waals surface area contributed by atoms with Gasteiger partial charge in [-0.25, -0.2) is 13.8 Å². The van der Waals surface area contributed by atoms with Gasteiger partial charge in [-0.1, -0.05) is 0 Å². The Hall–Kier alpha value is -3.66. The number of ether oxygens (including phenoxy) is 1. The number of hydrogen-bond acceptors (Lipinski definition) is 10. The predicted molar refractivity (Wildman–Crippen MR) is 149 cm³/mol. The Balaban J connectivity index is 1.63. The molecule has 0 saturated carbocycles. The zero-order chi connectivity index (χ0) is 27.6. The number of aromatic nitrogens is 3. The summed E-state index contributed by atoms with van der Waals surface area (Å²) < 4.78 is 37.5. The van der Waals surface area contributed by atoms with Crippen molar-refractivity contribution in [1.82, 2.24) is 19.9 Å². The smallest absolute Gasteiger partial charge is 0.228 e. The summed E-state index contributed by atoms with van der Waals surface area (Å²) in [6.45, 7) is 2.90. The fraction of sp³-hybridized carbons (Fsp3) is 0.407. The molecule has 0 aliphatic carbocycles. The number of anilines is 3. The van der Waals surface area contributed by atoms with Crippen LogP contribution in [0.25, 0.3) is 32.2 Å². The van der Waals surface area contributed by atoms with Crippen molar-refractivity contribution in [2.45, 2.75) is 19.6 Å². The number of thiophene rings is 1. The molecule has 12 heteroatoms. The largest absolute Gasteiger partial charge is 0.389 e. The summed E-state index contributed by atoms with van der Waals surface area (Å²) in [7, 11) is 7.85. The Labute approximate surface area is 228 Å². The second-order valence-corrected chi connectivity index (χ2v) is 11.6. The lowest BCUT2D eigenvalue weighted by Gasteiger charge is -2.23. The molecule has 202 valence electrons. The van der Waals surface area contributed by atoms with E-state index in [-0.39, 0.29) is 50.6 Å². The van der Waals surface area contributed by atoms with Gasteiger partial charge < -0.3 is 25.2 Å². The molecular formula is C27H28F2N8OS. The standard InChI is InChI=1S/C27H28F2N8OS/c1-35(2)9-13-5-6-37(10-13)27-33-23-20(26(34-27)36(3)4)16-12-38-11-15(16)18(21(23)29)22-19-14(7-30)25(31)39-24(19)17(28)8-32-22/h8,13H,5-6,9-12,31H2,1-4H3. The molecule has 3 aromatic heterocycles. The first-order chi connectivity index (χ1) is 18.7. The van der Waals surface area contributed by atoms with E-state index in [2.05, 4.69) is 34.9 Å². The van der Waals surface area contributed by atoms with Gasteiger partial charge in [-0.15, -0.1) is 11.3 Å². The Morgan fingerprint density at radius 3 is 2.67 bits per heavy atom. The van der Waals surface area contributed by atoms with E-state index in [0.29, 0.717) is 28.6 Å². The molecule has 2 N–H and O–H groups in total. The summed E-state index contributed by atoms with van der Waals surface area (Å²) in [5, 5.41) is 10.8. The highest BCUT2D eigenvalue weighted by atomic mass is 32.1. The van der Waals surface area contributed by atoms with Gasteiger partial charge in [-0.2, -0.15) is 10.2 Å². The monoisotopic (exact) mass is 550 g/mol. The Morgan fingerprint density at radius 2 is 1.95 bits per heavy atom. The van der Waals surface area contributed by atoms with Crippen LogP contribution in [0.4, 0.5) is 25.5 Å². The quantitative estimate of drug-likeness (QED) is 0.393. The summed E-state index contributed by atoms with van der Waals surface area (Å²) in [4.78, 5) is 20.1. The van der Waals surface area contributed by atoms with Crippen molar-refractivity contribution in [3.8, 4) is 17.3 Å². The minimum Gasteiger partial charge on any atom is -0.389 e. The molecule has 2 aliphatic rings. The molecule has 4 aromatic rings. The minimum atomic E-state index is -0.609. The molecule has 0 spiro atoms. The van der Waals surface area contributed by atoms with Crippen molar-refractivity contribution >= 4 is 49.1 Å². The molecule has 0 amide bonds. The lowest BCUT2D eigenvalue weighted by Crippen LogP contribution is -2.27.